The van der Waals surface area contributed by atoms with Gasteiger partial charge in [-0.25, -0.2) is 9.59 Å². The predicted octanol–water partition coefficient (Wildman–Crippen LogP) is 2.69. The molecule has 0 aliphatic carbocycles. The maximum absolute atomic E-state index is 11.9. The molecule has 1 atom stereocenters. The summed E-state index contributed by atoms with van der Waals surface area (Å²) in [6, 6.07) is 6.52. The minimum absolute atomic E-state index is 0.304. The topological polar surface area (TPSA) is 73.9 Å². The van der Waals surface area contributed by atoms with E-state index in [1.165, 1.54) is 7.11 Å². The first-order valence-corrected chi connectivity index (χ1v) is 7.54. The van der Waals surface area contributed by atoms with Crippen LogP contribution >= 0.6 is 0 Å². The number of rotatable bonds is 6. The summed E-state index contributed by atoms with van der Waals surface area (Å²) in [7, 11) is 1.28. The van der Waals surface area contributed by atoms with E-state index in [4.69, 9.17) is 14.2 Å². The minimum atomic E-state index is -0.812. The molecule has 23 heavy (non-hydrogen) atoms. The van der Waals surface area contributed by atoms with Crippen molar-refractivity contribution in [2.75, 3.05) is 13.7 Å². The highest BCUT2D eigenvalue weighted by molar-refractivity contribution is 5.81. The van der Waals surface area contributed by atoms with Crippen LogP contribution in [0.3, 0.4) is 0 Å². The Morgan fingerprint density at radius 2 is 1.78 bits per heavy atom. The molecule has 6 nitrogen and oxygen atoms in total. The number of carbonyl (C=O) groups excluding carboxylic acids is 2. The molecule has 0 fully saturated rings. The molecule has 128 valence electrons. The van der Waals surface area contributed by atoms with Crippen LogP contribution in [-0.2, 0) is 20.7 Å². The van der Waals surface area contributed by atoms with E-state index < -0.39 is 23.7 Å². The van der Waals surface area contributed by atoms with Gasteiger partial charge in [0, 0.05) is 6.42 Å². The van der Waals surface area contributed by atoms with Crippen molar-refractivity contribution in [3.8, 4) is 5.75 Å². The van der Waals surface area contributed by atoms with Crippen LogP contribution in [0.5, 0.6) is 5.75 Å². The Morgan fingerprint density at radius 3 is 2.26 bits per heavy atom. The highest BCUT2D eigenvalue weighted by Crippen LogP contribution is 2.14. The van der Waals surface area contributed by atoms with Crippen LogP contribution in [0.1, 0.15) is 33.3 Å². The van der Waals surface area contributed by atoms with Crippen molar-refractivity contribution in [2.45, 2.75) is 45.8 Å². The van der Waals surface area contributed by atoms with Gasteiger partial charge in [0.15, 0.2) is 0 Å². The second-order valence-electron chi connectivity index (χ2n) is 6.00. The van der Waals surface area contributed by atoms with Gasteiger partial charge in [-0.15, -0.1) is 0 Å². The molecule has 0 unspecified atom stereocenters. The Labute approximate surface area is 137 Å². The van der Waals surface area contributed by atoms with Crippen molar-refractivity contribution in [3.63, 3.8) is 0 Å². The Morgan fingerprint density at radius 1 is 1.17 bits per heavy atom. The number of methoxy groups -OCH3 is 1. The molecule has 0 radical (unpaired) electrons. The number of benzene rings is 1. The van der Waals surface area contributed by atoms with Crippen molar-refractivity contribution in [3.05, 3.63) is 29.8 Å². The van der Waals surface area contributed by atoms with Gasteiger partial charge in [-0.1, -0.05) is 12.1 Å². The Bertz CT molecular complexity index is 519. The van der Waals surface area contributed by atoms with E-state index in [0.29, 0.717) is 13.0 Å². The molecule has 6 heteroatoms. The largest absolute Gasteiger partial charge is 0.494 e. The van der Waals surface area contributed by atoms with Gasteiger partial charge < -0.3 is 19.5 Å². The number of nitrogens with one attached hydrogen (secondary N) is 1. The number of ether oxygens (including phenoxy) is 3. The van der Waals surface area contributed by atoms with Gasteiger partial charge in [0.1, 0.15) is 17.4 Å². The highest BCUT2D eigenvalue weighted by Gasteiger charge is 2.25. The van der Waals surface area contributed by atoms with Crippen LogP contribution in [0.25, 0.3) is 0 Å². The summed E-state index contributed by atoms with van der Waals surface area (Å²) >= 11 is 0. The summed E-state index contributed by atoms with van der Waals surface area (Å²) in [5, 5.41) is 2.55. The maximum Gasteiger partial charge on any atom is 0.408 e. The van der Waals surface area contributed by atoms with Gasteiger partial charge in [-0.05, 0) is 45.4 Å². The number of amides is 1. The number of alkyl carbamates (subject to hydrolysis) is 1. The van der Waals surface area contributed by atoms with E-state index in [-0.39, 0.29) is 0 Å². The zero-order valence-electron chi connectivity index (χ0n) is 14.3. The van der Waals surface area contributed by atoms with Crippen LogP contribution in [0.15, 0.2) is 24.3 Å². The zero-order valence-corrected chi connectivity index (χ0v) is 14.3. The molecule has 1 aromatic carbocycles. The average Bonchev–Trinajstić information content (AvgIpc) is 2.46. The summed E-state index contributed by atoms with van der Waals surface area (Å²) in [4.78, 5) is 23.7. The zero-order chi connectivity index (χ0) is 17.5. The summed E-state index contributed by atoms with van der Waals surface area (Å²) in [6.45, 7) is 7.76. The smallest absolute Gasteiger partial charge is 0.408 e. The second kappa shape index (κ2) is 8.41. The predicted molar refractivity (Wildman–Crippen MR) is 86.5 cm³/mol. The van der Waals surface area contributed by atoms with Crippen molar-refractivity contribution in [1.82, 2.24) is 5.32 Å². The summed E-state index contributed by atoms with van der Waals surface area (Å²) in [5.41, 5.74) is 0.240. The van der Waals surface area contributed by atoms with Crippen LogP contribution < -0.4 is 10.1 Å². The molecule has 0 aliphatic rings. The second-order valence-corrected chi connectivity index (χ2v) is 6.00. The van der Waals surface area contributed by atoms with E-state index in [0.717, 1.165) is 11.3 Å². The van der Waals surface area contributed by atoms with Crippen LogP contribution in [-0.4, -0.2) is 37.4 Å². The average molecular weight is 323 g/mol. The van der Waals surface area contributed by atoms with E-state index >= 15 is 0 Å². The van der Waals surface area contributed by atoms with E-state index in [1.54, 1.807) is 20.8 Å². The molecule has 1 N–H and O–H groups in total. The maximum atomic E-state index is 11.9. The van der Waals surface area contributed by atoms with Gasteiger partial charge in [-0.3, -0.25) is 0 Å². The fourth-order valence-corrected chi connectivity index (χ4v) is 1.91. The minimum Gasteiger partial charge on any atom is -0.494 e. The van der Waals surface area contributed by atoms with E-state index in [9.17, 15) is 9.59 Å². The molecule has 1 rings (SSSR count). The van der Waals surface area contributed by atoms with Crippen LogP contribution in [0.4, 0.5) is 4.79 Å². The lowest BCUT2D eigenvalue weighted by Gasteiger charge is -2.22. The monoisotopic (exact) mass is 323 g/mol. The van der Waals surface area contributed by atoms with E-state index in [1.807, 2.05) is 31.2 Å². The number of esters is 1. The Kier molecular flexibility index (Phi) is 6.88. The molecular formula is C17H25NO5. The molecule has 0 saturated heterocycles. The molecule has 0 bridgehead atoms. The number of hydrogen-bond acceptors (Lipinski definition) is 5. The molecule has 0 aliphatic heterocycles. The van der Waals surface area contributed by atoms with Gasteiger partial charge in [0.25, 0.3) is 0 Å². The lowest BCUT2D eigenvalue weighted by atomic mass is 10.1. The standard InChI is InChI=1S/C17H25NO5/c1-6-22-13-9-7-12(8-10-13)11-14(15(19)21-5)18-16(20)23-17(2,3)4/h7-10,14H,6,11H2,1-5H3,(H,18,20)/t14-/m1/s1. The molecule has 1 amide bonds. The first kappa shape index (κ1) is 18.8. The number of hydrogen-bond donors (Lipinski definition) is 1. The number of carbonyl (C=O) groups is 2. The third-order valence-electron chi connectivity index (χ3n) is 2.85. The van der Waals surface area contributed by atoms with Crippen molar-refractivity contribution >= 4 is 12.1 Å². The first-order chi connectivity index (χ1) is 10.7. The summed E-state index contributed by atoms with van der Waals surface area (Å²) < 4.78 is 15.3. The molecule has 0 heterocycles. The first-order valence-electron chi connectivity index (χ1n) is 7.54. The molecule has 0 aromatic heterocycles. The van der Waals surface area contributed by atoms with Crippen molar-refractivity contribution in [2.24, 2.45) is 0 Å². The van der Waals surface area contributed by atoms with Gasteiger partial charge in [0.2, 0.25) is 0 Å². The molecular weight excluding hydrogens is 298 g/mol. The van der Waals surface area contributed by atoms with E-state index in [2.05, 4.69) is 5.32 Å². The normalized spacial score (nSPS) is 12.2. The van der Waals surface area contributed by atoms with Gasteiger partial charge in [0.05, 0.1) is 13.7 Å². The summed E-state index contributed by atoms with van der Waals surface area (Å²) in [6.07, 6.45) is -0.350. The van der Waals surface area contributed by atoms with Crippen LogP contribution in [0, 0.1) is 0 Å². The van der Waals surface area contributed by atoms with Gasteiger partial charge in [-0.2, -0.15) is 0 Å². The molecule has 0 spiro atoms. The Balaban J connectivity index is 2.74. The Hall–Kier alpha value is -2.24. The fourth-order valence-electron chi connectivity index (χ4n) is 1.91. The highest BCUT2D eigenvalue weighted by atomic mass is 16.6. The molecule has 1 aromatic rings. The fraction of sp³-hybridized carbons (Fsp3) is 0.529. The summed E-state index contributed by atoms with van der Waals surface area (Å²) in [5.74, 6) is 0.232. The van der Waals surface area contributed by atoms with Crippen LogP contribution in [0.2, 0.25) is 0 Å². The van der Waals surface area contributed by atoms with Crippen molar-refractivity contribution < 1.29 is 23.8 Å². The SMILES string of the molecule is CCOc1ccc(C[C@@H](NC(=O)OC(C)(C)C)C(=O)OC)cc1. The lowest BCUT2D eigenvalue weighted by molar-refractivity contribution is -0.143. The van der Waals surface area contributed by atoms with Crippen molar-refractivity contribution in [1.29, 1.82) is 0 Å². The third kappa shape index (κ3) is 7.04. The third-order valence-corrected chi connectivity index (χ3v) is 2.85. The molecule has 0 saturated carbocycles. The lowest BCUT2D eigenvalue weighted by Crippen LogP contribution is -2.45. The van der Waals surface area contributed by atoms with Gasteiger partial charge >= 0.3 is 12.1 Å². The quantitative estimate of drug-likeness (QED) is 0.815.